The molecule has 0 bridgehead atoms. The van der Waals surface area contributed by atoms with Crippen LogP contribution < -0.4 is 10.0 Å². The van der Waals surface area contributed by atoms with Crippen LogP contribution in [0, 0.1) is 4.78 Å². The maximum absolute atomic E-state index is 12.7. The van der Waals surface area contributed by atoms with E-state index in [2.05, 4.69) is 49.4 Å². The molecule has 2 rings (SSSR count). The van der Waals surface area contributed by atoms with E-state index < -0.39 is 26.7 Å². The van der Waals surface area contributed by atoms with Crippen molar-refractivity contribution in [3.8, 4) is 0 Å². The Morgan fingerprint density at radius 1 is 1.10 bits per heavy atom. The maximum Gasteiger partial charge on any atom is 0.330 e. The number of urea groups is 1. The Hall–Kier alpha value is -2.52. The van der Waals surface area contributed by atoms with Crippen molar-refractivity contribution in [1.82, 2.24) is 4.72 Å². The highest BCUT2D eigenvalue weighted by molar-refractivity contribution is 7.90. The van der Waals surface area contributed by atoms with Gasteiger partial charge in [-0.3, -0.25) is 14.5 Å². The molecule has 3 N–H and O–H groups in total. The molecule has 168 valence electrons. The van der Waals surface area contributed by atoms with Gasteiger partial charge in [0.25, 0.3) is 0 Å². The first-order valence-electron chi connectivity index (χ1n) is 9.86. The van der Waals surface area contributed by atoms with Gasteiger partial charge in [-0.15, -0.1) is 0 Å². The number of hydrogen-bond acceptors (Lipinski definition) is 5. The summed E-state index contributed by atoms with van der Waals surface area (Å²) in [6.45, 7) is 12.3. The van der Waals surface area contributed by atoms with Crippen LogP contribution in [-0.2, 0) is 27.3 Å². The zero-order valence-corrected chi connectivity index (χ0v) is 20.2. The third kappa shape index (κ3) is 6.48. The van der Waals surface area contributed by atoms with Crippen LogP contribution >= 0.6 is 0 Å². The Balaban J connectivity index is 2.28. The number of anilines is 1. The highest BCUT2D eigenvalue weighted by Crippen LogP contribution is 2.34. The van der Waals surface area contributed by atoms with Gasteiger partial charge in [0.05, 0.1) is 11.4 Å². The molecule has 0 saturated carbocycles. The molecule has 0 fully saturated rings. The number of carbonyl (C=O) groups is 1. The minimum absolute atomic E-state index is 0.176. The molecular weight excluding hydrogens is 432 g/mol. The quantitative estimate of drug-likeness (QED) is 0.479. The van der Waals surface area contributed by atoms with Gasteiger partial charge in [0, 0.05) is 27.7 Å². The van der Waals surface area contributed by atoms with Crippen molar-refractivity contribution in [2.45, 2.75) is 55.9 Å². The third-order valence-corrected chi connectivity index (χ3v) is 6.98. The summed E-state index contributed by atoms with van der Waals surface area (Å²) in [5, 5.41) is 2.94. The molecule has 31 heavy (non-hydrogen) atoms. The molecule has 2 amide bonds. The summed E-state index contributed by atoms with van der Waals surface area (Å²) in [6.07, 6.45) is 1.13. The smallest absolute Gasteiger partial charge is 0.307 e. The number of nitrogens with one attached hydrogen (secondary N) is 3. The molecule has 2 aromatic carbocycles. The topological polar surface area (TPSA) is 111 Å². The van der Waals surface area contributed by atoms with Crippen molar-refractivity contribution in [2.24, 2.45) is 4.99 Å². The Morgan fingerprint density at radius 2 is 1.61 bits per heavy atom. The van der Waals surface area contributed by atoms with Crippen LogP contribution in [0.5, 0.6) is 0 Å². The number of aliphatic imine (C=N–C) groups is 1. The molecule has 0 aliphatic carbocycles. The highest BCUT2D eigenvalue weighted by Gasteiger charge is 2.18. The summed E-state index contributed by atoms with van der Waals surface area (Å²) in [4.78, 5) is 17.4. The average molecular weight is 463 g/mol. The number of amides is 2. The minimum atomic E-state index is -3.31. The summed E-state index contributed by atoms with van der Waals surface area (Å²) in [6, 6.07) is 9.56. The fourth-order valence-electron chi connectivity index (χ4n) is 3.14. The average Bonchev–Trinajstić information content (AvgIpc) is 2.68. The number of nitrogens with zero attached hydrogens (tertiary/aromatic N) is 1. The van der Waals surface area contributed by atoms with E-state index in [1.807, 2.05) is 12.1 Å². The molecule has 0 unspecified atom stereocenters. The summed E-state index contributed by atoms with van der Waals surface area (Å²) in [5.74, 6) is 0.352. The van der Waals surface area contributed by atoms with Gasteiger partial charge >= 0.3 is 6.03 Å². The first-order valence-corrected chi connectivity index (χ1v) is 13.0. The number of sulfone groups is 1. The van der Waals surface area contributed by atoms with Gasteiger partial charge in [-0.25, -0.2) is 13.2 Å². The van der Waals surface area contributed by atoms with Crippen LogP contribution in [0.25, 0.3) is 0 Å². The molecule has 0 aliphatic rings. The van der Waals surface area contributed by atoms with E-state index in [1.54, 1.807) is 12.1 Å². The lowest BCUT2D eigenvalue weighted by atomic mass is 9.90. The standard InChI is InChI=1S/C22H30N4O3S2/c1-14(2)19-11-16(13-24-5)12-20(15(3)4)21(19)25-22(27)26-30(23)17-7-9-18(10-8-17)31(6,28)29/h7-12,14-15H,5,13H2,1-4,6H3,(H3,23,25,26,27)/t30-/m1/s1. The fourth-order valence-corrected chi connectivity index (χ4v) is 4.53. The van der Waals surface area contributed by atoms with Crippen LogP contribution in [0.1, 0.15) is 56.2 Å². The van der Waals surface area contributed by atoms with Gasteiger partial charge in [0.15, 0.2) is 9.84 Å². The predicted molar refractivity (Wildman–Crippen MR) is 128 cm³/mol. The van der Waals surface area contributed by atoms with Crippen LogP contribution in [0.4, 0.5) is 10.5 Å². The number of benzene rings is 2. The van der Waals surface area contributed by atoms with Crippen molar-refractivity contribution < 1.29 is 13.2 Å². The Labute approximate surface area is 187 Å². The van der Waals surface area contributed by atoms with Crippen molar-refractivity contribution in [2.75, 3.05) is 11.6 Å². The van der Waals surface area contributed by atoms with Crippen molar-refractivity contribution >= 4 is 39.2 Å². The largest absolute Gasteiger partial charge is 0.330 e. The van der Waals surface area contributed by atoms with Crippen LogP contribution in [-0.4, -0.2) is 27.4 Å². The second-order valence-electron chi connectivity index (χ2n) is 7.95. The molecule has 0 aromatic heterocycles. The first-order chi connectivity index (χ1) is 14.4. The molecule has 9 heteroatoms. The molecule has 0 radical (unpaired) electrons. The molecular formula is C22H30N4O3S2. The Morgan fingerprint density at radius 3 is 2.03 bits per heavy atom. The van der Waals surface area contributed by atoms with Crippen molar-refractivity contribution in [3.63, 3.8) is 0 Å². The van der Waals surface area contributed by atoms with E-state index in [9.17, 15) is 13.2 Å². The van der Waals surface area contributed by atoms with E-state index in [0.717, 1.165) is 28.6 Å². The van der Waals surface area contributed by atoms with Crippen molar-refractivity contribution in [1.29, 1.82) is 4.78 Å². The number of rotatable bonds is 8. The fraction of sp³-hybridized carbons (Fsp3) is 0.364. The lowest BCUT2D eigenvalue weighted by molar-refractivity contribution is 0.257. The van der Waals surface area contributed by atoms with E-state index in [-0.39, 0.29) is 16.7 Å². The predicted octanol–water partition coefficient (Wildman–Crippen LogP) is 5.01. The van der Waals surface area contributed by atoms with Gasteiger partial charge in [-0.1, -0.05) is 39.8 Å². The van der Waals surface area contributed by atoms with Crippen LogP contribution in [0.3, 0.4) is 0 Å². The monoisotopic (exact) mass is 462 g/mol. The molecule has 1 atom stereocenters. The second-order valence-corrected chi connectivity index (χ2v) is 11.2. The summed E-state index contributed by atoms with van der Waals surface area (Å²) < 4.78 is 34.1. The lowest BCUT2D eigenvalue weighted by Crippen LogP contribution is -2.31. The van der Waals surface area contributed by atoms with Crippen molar-refractivity contribution in [3.05, 3.63) is 53.1 Å². The Bertz CT molecular complexity index is 1060. The summed E-state index contributed by atoms with van der Waals surface area (Å²) in [7, 11) is -4.66. The van der Waals surface area contributed by atoms with Gasteiger partial charge in [-0.2, -0.15) is 0 Å². The first kappa shape index (κ1) is 24.7. The molecule has 2 aromatic rings. The van der Waals surface area contributed by atoms with Gasteiger partial charge < -0.3 is 5.32 Å². The zero-order chi connectivity index (χ0) is 23.3. The number of hydrogen-bond donors (Lipinski definition) is 3. The molecule has 0 spiro atoms. The van der Waals surface area contributed by atoms with Crippen LogP contribution in [0.15, 0.2) is 51.2 Å². The van der Waals surface area contributed by atoms with E-state index >= 15 is 0 Å². The van der Waals surface area contributed by atoms with E-state index in [1.165, 1.54) is 12.1 Å². The Kier molecular flexibility index (Phi) is 8.14. The normalized spacial score (nSPS) is 12.6. The molecule has 0 aliphatic heterocycles. The molecule has 0 saturated heterocycles. The summed E-state index contributed by atoms with van der Waals surface area (Å²) >= 11 is 0. The maximum atomic E-state index is 12.7. The number of carbonyl (C=O) groups excluding carboxylic acids is 1. The van der Waals surface area contributed by atoms with Gasteiger partial charge in [0.2, 0.25) is 0 Å². The van der Waals surface area contributed by atoms with E-state index in [0.29, 0.717) is 11.4 Å². The zero-order valence-electron chi connectivity index (χ0n) is 18.5. The van der Waals surface area contributed by atoms with Gasteiger partial charge in [-0.05, 0) is 59.5 Å². The lowest BCUT2D eigenvalue weighted by Gasteiger charge is -2.22. The third-order valence-electron chi connectivity index (χ3n) is 4.72. The van der Waals surface area contributed by atoms with Gasteiger partial charge in [0.1, 0.15) is 0 Å². The summed E-state index contributed by atoms with van der Waals surface area (Å²) in [5.41, 5.74) is 3.80. The SMILES string of the molecule is C=NCc1cc(C(C)C)c(NC(=O)N[S@@](=N)c2ccc(S(C)(=O)=O)cc2)c(C(C)C)c1. The molecule has 7 nitrogen and oxygen atoms in total. The van der Waals surface area contributed by atoms with E-state index in [4.69, 9.17) is 4.78 Å². The van der Waals surface area contributed by atoms with Crippen LogP contribution in [0.2, 0.25) is 0 Å². The minimum Gasteiger partial charge on any atom is -0.307 e. The molecule has 0 heterocycles. The highest BCUT2D eigenvalue weighted by atomic mass is 32.2. The second kappa shape index (κ2) is 10.2.